The number of piperazine rings is 1. The maximum atomic E-state index is 12.7. The van der Waals surface area contributed by atoms with Gasteiger partial charge in [-0.3, -0.25) is 14.5 Å². The second-order valence-electron chi connectivity index (χ2n) is 6.89. The summed E-state index contributed by atoms with van der Waals surface area (Å²) < 4.78 is 15.8. The molecular formula is C20H26N4O5. The number of benzene rings is 1. The molecule has 0 aliphatic carbocycles. The Morgan fingerprint density at radius 1 is 1.34 bits per heavy atom. The van der Waals surface area contributed by atoms with E-state index in [1.165, 1.54) is 11.1 Å². The number of nitrogens with zero attached hydrogens (tertiary/aromatic N) is 3. The molecule has 1 unspecified atom stereocenters. The molecule has 1 fully saturated rings. The second kappa shape index (κ2) is 9.42. The van der Waals surface area contributed by atoms with Crippen LogP contribution in [0.4, 0.5) is 0 Å². The van der Waals surface area contributed by atoms with Crippen LogP contribution in [0.25, 0.3) is 0 Å². The zero-order chi connectivity index (χ0) is 20.8. The molecule has 9 heteroatoms. The maximum Gasteiger partial charge on any atom is 0.237 e. The molecule has 1 aliphatic rings. The van der Waals surface area contributed by atoms with Crippen molar-refractivity contribution in [1.29, 1.82) is 0 Å². The van der Waals surface area contributed by atoms with Crippen LogP contribution >= 0.6 is 0 Å². The Morgan fingerprint density at radius 2 is 2.17 bits per heavy atom. The Balaban J connectivity index is 1.70. The van der Waals surface area contributed by atoms with E-state index in [0.717, 1.165) is 5.56 Å². The number of hydrogen-bond donors (Lipinski definition) is 1. The van der Waals surface area contributed by atoms with Gasteiger partial charge in [-0.15, -0.1) is 0 Å². The summed E-state index contributed by atoms with van der Waals surface area (Å²) >= 11 is 0. The summed E-state index contributed by atoms with van der Waals surface area (Å²) in [6, 6.07) is 6.73. The van der Waals surface area contributed by atoms with Crippen LogP contribution in [0.15, 0.2) is 35.0 Å². The van der Waals surface area contributed by atoms with Crippen LogP contribution in [0.2, 0.25) is 0 Å². The highest BCUT2D eigenvalue weighted by molar-refractivity contribution is 5.88. The highest BCUT2D eigenvalue weighted by atomic mass is 16.5. The highest BCUT2D eigenvalue weighted by Crippen LogP contribution is 2.27. The zero-order valence-corrected chi connectivity index (χ0v) is 16.9. The molecule has 2 heterocycles. The summed E-state index contributed by atoms with van der Waals surface area (Å²) in [5.74, 6) is 1.68. The van der Waals surface area contributed by atoms with Gasteiger partial charge >= 0.3 is 0 Å². The Morgan fingerprint density at radius 3 is 2.86 bits per heavy atom. The van der Waals surface area contributed by atoms with E-state index < -0.39 is 6.04 Å². The molecule has 0 saturated carbocycles. The molecule has 9 nitrogen and oxygen atoms in total. The molecular weight excluding hydrogens is 376 g/mol. The number of rotatable bonds is 8. The standard InChI is InChI=1S/C20H26N4O5/c1-23(13-16-6-7-22-29-16)19(25)11-17-20(26)21-8-9-24(17)12-14-4-5-15(27-2)10-18(14)28-3/h4-7,10,17H,8-9,11-13H2,1-3H3,(H,21,26). The fourth-order valence-corrected chi connectivity index (χ4v) is 3.34. The van der Waals surface area contributed by atoms with Crippen LogP contribution in [0.5, 0.6) is 11.5 Å². The zero-order valence-electron chi connectivity index (χ0n) is 16.9. The molecule has 3 rings (SSSR count). The SMILES string of the molecule is COc1ccc(CN2CCNC(=O)C2CC(=O)N(C)Cc2ccno2)c(OC)c1. The van der Waals surface area contributed by atoms with E-state index in [0.29, 0.717) is 43.4 Å². The van der Waals surface area contributed by atoms with Gasteiger partial charge in [0.2, 0.25) is 11.8 Å². The number of hydrogen-bond acceptors (Lipinski definition) is 7. The smallest absolute Gasteiger partial charge is 0.237 e. The van der Waals surface area contributed by atoms with Crippen LogP contribution in [-0.4, -0.2) is 67.2 Å². The van der Waals surface area contributed by atoms with Crippen LogP contribution in [0.3, 0.4) is 0 Å². The first-order valence-corrected chi connectivity index (χ1v) is 9.38. The molecule has 0 radical (unpaired) electrons. The Kier molecular flexibility index (Phi) is 6.71. The monoisotopic (exact) mass is 402 g/mol. The number of carbonyl (C=O) groups excluding carboxylic acids is 2. The minimum absolute atomic E-state index is 0.0783. The average molecular weight is 402 g/mol. The van der Waals surface area contributed by atoms with Gasteiger partial charge in [-0.05, 0) is 6.07 Å². The molecule has 1 aromatic heterocycles. The maximum absolute atomic E-state index is 12.7. The molecule has 0 bridgehead atoms. The first-order chi connectivity index (χ1) is 14.0. The number of methoxy groups -OCH3 is 2. The lowest BCUT2D eigenvalue weighted by atomic mass is 10.1. The lowest BCUT2D eigenvalue weighted by Gasteiger charge is -2.35. The molecule has 29 heavy (non-hydrogen) atoms. The van der Waals surface area contributed by atoms with Gasteiger partial charge in [0.1, 0.15) is 11.5 Å². The van der Waals surface area contributed by atoms with Crippen LogP contribution in [0, 0.1) is 0 Å². The minimum atomic E-state index is -0.555. The summed E-state index contributed by atoms with van der Waals surface area (Å²) in [5.41, 5.74) is 0.926. The summed E-state index contributed by atoms with van der Waals surface area (Å²) in [5, 5.41) is 6.50. The van der Waals surface area contributed by atoms with E-state index in [2.05, 4.69) is 10.5 Å². The van der Waals surface area contributed by atoms with Crippen molar-refractivity contribution in [1.82, 2.24) is 20.3 Å². The molecule has 1 aliphatic heterocycles. The van der Waals surface area contributed by atoms with Gasteiger partial charge in [-0.1, -0.05) is 11.2 Å². The fraction of sp³-hybridized carbons (Fsp3) is 0.450. The van der Waals surface area contributed by atoms with E-state index >= 15 is 0 Å². The average Bonchev–Trinajstić information content (AvgIpc) is 3.23. The van der Waals surface area contributed by atoms with Crippen LogP contribution in [0.1, 0.15) is 17.7 Å². The van der Waals surface area contributed by atoms with E-state index in [1.54, 1.807) is 27.3 Å². The summed E-state index contributed by atoms with van der Waals surface area (Å²) in [6.45, 7) is 1.98. The molecule has 1 aromatic carbocycles. The first kappa shape index (κ1) is 20.7. The largest absolute Gasteiger partial charge is 0.497 e. The number of amides is 2. The van der Waals surface area contributed by atoms with Crippen molar-refractivity contribution in [3.05, 3.63) is 41.8 Å². The third-order valence-corrected chi connectivity index (χ3v) is 4.99. The lowest BCUT2D eigenvalue weighted by Crippen LogP contribution is -2.56. The third-order valence-electron chi connectivity index (χ3n) is 4.99. The lowest BCUT2D eigenvalue weighted by molar-refractivity contribution is -0.138. The topological polar surface area (TPSA) is 97.1 Å². The van der Waals surface area contributed by atoms with Crippen molar-refractivity contribution in [3.8, 4) is 11.5 Å². The van der Waals surface area contributed by atoms with Crippen molar-refractivity contribution in [2.45, 2.75) is 25.6 Å². The quantitative estimate of drug-likeness (QED) is 0.705. The van der Waals surface area contributed by atoms with Crippen molar-refractivity contribution in [2.24, 2.45) is 0 Å². The predicted molar refractivity (Wildman–Crippen MR) is 104 cm³/mol. The number of aromatic nitrogens is 1. The summed E-state index contributed by atoms with van der Waals surface area (Å²) in [4.78, 5) is 28.8. The molecule has 2 aromatic rings. The van der Waals surface area contributed by atoms with Gasteiger partial charge < -0.3 is 24.2 Å². The molecule has 1 atom stereocenters. The van der Waals surface area contributed by atoms with Gasteiger partial charge in [0.15, 0.2) is 5.76 Å². The third kappa shape index (κ3) is 5.05. The minimum Gasteiger partial charge on any atom is -0.497 e. The molecule has 2 amide bonds. The molecule has 156 valence electrons. The van der Waals surface area contributed by atoms with Gasteiger partial charge in [0, 0.05) is 44.4 Å². The number of ether oxygens (including phenoxy) is 2. The molecule has 1 N–H and O–H groups in total. The number of nitrogens with one attached hydrogen (secondary N) is 1. The summed E-state index contributed by atoms with van der Waals surface area (Å²) in [7, 11) is 4.88. The fourth-order valence-electron chi connectivity index (χ4n) is 3.34. The van der Waals surface area contributed by atoms with E-state index in [1.807, 2.05) is 23.1 Å². The second-order valence-corrected chi connectivity index (χ2v) is 6.89. The van der Waals surface area contributed by atoms with Crippen LogP contribution in [-0.2, 0) is 22.7 Å². The predicted octanol–water partition coefficient (Wildman–Crippen LogP) is 1.04. The van der Waals surface area contributed by atoms with E-state index in [-0.39, 0.29) is 18.2 Å². The van der Waals surface area contributed by atoms with Gasteiger partial charge in [-0.2, -0.15) is 0 Å². The van der Waals surface area contributed by atoms with Crippen molar-refractivity contribution >= 4 is 11.8 Å². The van der Waals surface area contributed by atoms with Gasteiger partial charge in [0.05, 0.1) is 39.4 Å². The molecule has 1 saturated heterocycles. The van der Waals surface area contributed by atoms with E-state index in [4.69, 9.17) is 14.0 Å². The Hall–Kier alpha value is -3.07. The van der Waals surface area contributed by atoms with Crippen molar-refractivity contribution < 1.29 is 23.6 Å². The molecule has 0 spiro atoms. The van der Waals surface area contributed by atoms with Gasteiger partial charge in [0.25, 0.3) is 0 Å². The van der Waals surface area contributed by atoms with Crippen molar-refractivity contribution in [2.75, 3.05) is 34.4 Å². The van der Waals surface area contributed by atoms with Crippen molar-refractivity contribution in [3.63, 3.8) is 0 Å². The van der Waals surface area contributed by atoms with Crippen LogP contribution < -0.4 is 14.8 Å². The Bertz CT molecular complexity index is 839. The van der Waals surface area contributed by atoms with E-state index in [9.17, 15) is 9.59 Å². The number of carbonyl (C=O) groups is 2. The Labute approximate surface area is 169 Å². The normalized spacial score (nSPS) is 16.9. The highest BCUT2D eigenvalue weighted by Gasteiger charge is 2.33. The summed E-state index contributed by atoms with van der Waals surface area (Å²) in [6.07, 6.45) is 1.61. The first-order valence-electron chi connectivity index (χ1n) is 9.38. The van der Waals surface area contributed by atoms with Gasteiger partial charge in [-0.25, -0.2) is 0 Å².